The van der Waals surface area contributed by atoms with E-state index in [1.807, 2.05) is 31.2 Å². The number of nitrogens with two attached hydrogens (primary N) is 1. The van der Waals surface area contributed by atoms with Crippen LogP contribution in [-0.4, -0.2) is 12.2 Å². The minimum Gasteiger partial charge on any atom is -0.507 e. The van der Waals surface area contributed by atoms with Gasteiger partial charge in [-0.15, -0.1) is 12.4 Å². The molecule has 3 nitrogen and oxygen atoms in total. The summed E-state index contributed by atoms with van der Waals surface area (Å²) in [6.45, 7) is 1.98. The van der Waals surface area contributed by atoms with Crippen LogP contribution in [0.15, 0.2) is 36.4 Å². The van der Waals surface area contributed by atoms with Crippen LogP contribution in [0.3, 0.4) is 0 Å². The van der Waals surface area contributed by atoms with Crippen LogP contribution in [0.2, 0.25) is 0 Å². The molecule has 0 heterocycles. The zero-order valence-electron chi connectivity index (χ0n) is 10.3. The van der Waals surface area contributed by atoms with Gasteiger partial charge in [0, 0.05) is 17.3 Å². The van der Waals surface area contributed by atoms with Crippen LogP contribution in [0.4, 0.5) is 5.69 Å². The summed E-state index contributed by atoms with van der Waals surface area (Å²) in [5.74, 6) is 0.999. The largest absolute Gasteiger partial charge is 0.507 e. The number of rotatable bonds is 2. The quantitative estimate of drug-likeness (QED) is 0.819. The molecule has 96 valence electrons. The number of anilines is 1. The normalized spacial score (nSPS) is 9.67. The smallest absolute Gasteiger partial charge is 0.125 e. The number of methoxy groups -OCH3 is 1. The number of phenolic OH excluding ortho intramolecular Hbond substituents is 1. The number of halogens is 1. The molecule has 18 heavy (non-hydrogen) atoms. The highest BCUT2D eigenvalue weighted by Crippen LogP contribution is 2.34. The lowest BCUT2D eigenvalue weighted by molar-refractivity contribution is 0.414. The Kier molecular flexibility index (Phi) is 4.45. The van der Waals surface area contributed by atoms with E-state index in [9.17, 15) is 5.11 Å². The van der Waals surface area contributed by atoms with E-state index in [0.717, 1.165) is 22.4 Å². The van der Waals surface area contributed by atoms with Gasteiger partial charge in [-0.3, -0.25) is 0 Å². The van der Waals surface area contributed by atoms with Crippen LogP contribution in [0.5, 0.6) is 11.5 Å². The van der Waals surface area contributed by atoms with Crippen molar-refractivity contribution in [2.45, 2.75) is 6.92 Å². The number of nitrogen functional groups attached to an aromatic ring is 1. The van der Waals surface area contributed by atoms with Gasteiger partial charge in [-0.25, -0.2) is 0 Å². The van der Waals surface area contributed by atoms with E-state index < -0.39 is 0 Å². The van der Waals surface area contributed by atoms with Gasteiger partial charge in [-0.2, -0.15) is 0 Å². The van der Waals surface area contributed by atoms with Crippen LogP contribution in [0.25, 0.3) is 11.1 Å². The molecule has 0 aliphatic carbocycles. The molecule has 0 unspecified atom stereocenters. The molecule has 0 aliphatic heterocycles. The van der Waals surface area contributed by atoms with Crippen molar-refractivity contribution in [3.8, 4) is 22.6 Å². The Labute approximate surface area is 113 Å². The second-order valence-corrected chi connectivity index (χ2v) is 3.96. The molecule has 0 saturated carbocycles. The van der Waals surface area contributed by atoms with E-state index in [2.05, 4.69) is 0 Å². The van der Waals surface area contributed by atoms with Crippen molar-refractivity contribution in [3.05, 3.63) is 42.0 Å². The number of benzene rings is 2. The van der Waals surface area contributed by atoms with Crippen LogP contribution >= 0.6 is 12.4 Å². The summed E-state index contributed by atoms with van der Waals surface area (Å²) < 4.78 is 5.15. The predicted molar refractivity (Wildman–Crippen MR) is 76.5 cm³/mol. The lowest BCUT2D eigenvalue weighted by Crippen LogP contribution is -1.89. The fourth-order valence-electron chi connectivity index (χ4n) is 1.84. The highest BCUT2D eigenvalue weighted by Gasteiger charge is 2.08. The Morgan fingerprint density at radius 3 is 2.28 bits per heavy atom. The number of aromatic hydroxyl groups is 1. The third kappa shape index (κ3) is 2.68. The Morgan fingerprint density at radius 1 is 1.06 bits per heavy atom. The molecule has 0 aliphatic rings. The highest BCUT2D eigenvalue weighted by atomic mass is 35.5. The fraction of sp³-hybridized carbons (Fsp3) is 0.143. The SMILES string of the molecule is COc1ccc(-c2ccc(N)cc2O)c(C)c1.Cl. The second-order valence-electron chi connectivity index (χ2n) is 3.96. The van der Waals surface area contributed by atoms with Gasteiger partial charge in [-0.05, 0) is 42.3 Å². The monoisotopic (exact) mass is 265 g/mol. The molecule has 3 N–H and O–H groups in total. The Morgan fingerprint density at radius 2 is 1.72 bits per heavy atom. The maximum Gasteiger partial charge on any atom is 0.125 e. The number of hydrogen-bond donors (Lipinski definition) is 2. The van der Waals surface area contributed by atoms with E-state index in [1.54, 1.807) is 19.2 Å². The van der Waals surface area contributed by atoms with Crippen molar-refractivity contribution in [2.24, 2.45) is 0 Å². The summed E-state index contributed by atoms with van der Waals surface area (Å²) in [7, 11) is 1.63. The van der Waals surface area contributed by atoms with Crippen LogP contribution in [0.1, 0.15) is 5.56 Å². The average molecular weight is 266 g/mol. The van der Waals surface area contributed by atoms with Gasteiger partial charge in [0.05, 0.1) is 7.11 Å². The zero-order valence-corrected chi connectivity index (χ0v) is 11.1. The standard InChI is InChI=1S/C14H15NO2.ClH/c1-9-7-11(17-2)4-6-12(9)13-5-3-10(15)8-14(13)16;/h3-8,16H,15H2,1-2H3;1H. The Hall–Kier alpha value is -1.87. The second kappa shape index (κ2) is 5.65. The molecule has 0 radical (unpaired) electrons. The molecule has 2 aromatic rings. The zero-order chi connectivity index (χ0) is 12.4. The Bertz CT molecular complexity index is 555. The summed E-state index contributed by atoms with van der Waals surface area (Å²) in [6, 6.07) is 10.9. The van der Waals surface area contributed by atoms with Gasteiger partial charge in [0.15, 0.2) is 0 Å². The molecule has 0 amide bonds. The summed E-state index contributed by atoms with van der Waals surface area (Å²) in [4.78, 5) is 0. The van der Waals surface area contributed by atoms with Gasteiger partial charge >= 0.3 is 0 Å². The first-order valence-electron chi connectivity index (χ1n) is 5.35. The van der Waals surface area contributed by atoms with Crippen molar-refractivity contribution < 1.29 is 9.84 Å². The van der Waals surface area contributed by atoms with Crippen molar-refractivity contribution in [1.29, 1.82) is 0 Å². The van der Waals surface area contributed by atoms with E-state index in [1.165, 1.54) is 0 Å². The van der Waals surface area contributed by atoms with Crippen LogP contribution in [0, 0.1) is 6.92 Å². The molecule has 2 rings (SSSR count). The molecule has 0 spiro atoms. The maximum atomic E-state index is 9.88. The summed E-state index contributed by atoms with van der Waals surface area (Å²) in [5.41, 5.74) is 8.96. The van der Waals surface area contributed by atoms with Gasteiger partial charge < -0.3 is 15.6 Å². The van der Waals surface area contributed by atoms with Gasteiger partial charge in [0.2, 0.25) is 0 Å². The molecule has 0 bridgehead atoms. The van der Waals surface area contributed by atoms with Crippen molar-refractivity contribution in [2.75, 3.05) is 12.8 Å². The first-order valence-corrected chi connectivity index (χ1v) is 5.35. The third-order valence-electron chi connectivity index (χ3n) is 2.75. The highest BCUT2D eigenvalue weighted by molar-refractivity contribution is 5.85. The number of phenols is 1. The molecule has 4 heteroatoms. The van der Waals surface area contributed by atoms with Gasteiger partial charge in [-0.1, -0.05) is 6.07 Å². The van der Waals surface area contributed by atoms with E-state index in [-0.39, 0.29) is 18.2 Å². The lowest BCUT2D eigenvalue weighted by Gasteiger charge is -2.10. The lowest BCUT2D eigenvalue weighted by atomic mass is 9.99. The average Bonchev–Trinajstić information content (AvgIpc) is 2.30. The first kappa shape index (κ1) is 14.2. The van der Waals surface area contributed by atoms with E-state index in [4.69, 9.17) is 10.5 Å². The molecule has 2 aromatic carbocycles. The summed E-state index contributed by atoms with van der Waals surface area (Å²) in [5, 5.41) is 9.88. The Balaban J connectivity index is 0.00000162. The first-order chi connectivity index (χ1) is 8.11. The topological polar surface area (TPSA) is 55.5 Å². The van der Waals surface area contributed by atoms with Gasteiger partial charge in [0.1, 0.15) is 11.5 Å². The minimum atomic E-state index is 0. The number of hydrogen-bond acceptors (Lipinski definition) is 3. The van der Waals surface area contributed by atoms with Crippen molar-refractivity contribution in [1.82, 2.24) is 0 Å². The predicted octanol–water partition coefficient (Wildman–Crippen LogP) is 3.38. The molecular weight excluding hydrogens is 250 g/mol. The summed E-state index contributed by atoms with van der Waals surface area (Å²) >= 11 is 0. The molecule has 0 saturated heterocycles. The summed E-state index contributed by atoms with van der Waals surface area (Å²) in [6.07, 6.45) is 0. The molecule has 0 atom stereocenters. The van der Waals surface area contributed by atoms with Crippen molar-refractivity contribution in [3.63, 3.8) is 0 Å². The third-order valence-corrected chi connectivity index (χ3v) is 2.75. The van der Waals surface area contributed by atoms with E-state index in [0.29, 0.717) is 5.69 Å². The molecule has 0 aromatic heterocycles. The molecular formula is C14H16ClNO2. The number of aryl methyl sites for hydroxylation is 1. The van der Waals surface area contributed by atoms with E-state index >= 15 is 0 Å². The van der Waals surface area contributed by atoms with Gasteiger partial charge in [0.25, 0.3) is 0 Å². The minimum absolute atomic E-state index is 0. The van der Waals surface area contributed by atoms with Crippen LogP contribution in [-0.2, 0) is 0 Å². The van der Waals surface area contributed by atoms with Crippen LogP contribution < -0.4 is 10.5 Å². The fourth-order valence-corrected chi connectivity index (χ4v) is 1.84. The van der Waals surface area contributed by atoms with Crippen molar-refractivity contribution >= 4 is 18.1 Å². The molecule has 0 fully saturated rings. The number of ether oxygens (including phenoxy) is 1. The maximum absolute atomic E-state index is 9.88.